The summed E-state index contributed by atoms with van der Waals surface area (Å²) in [5, 5.41) is 5.21. The lowest BCUT2D eigenvalue weighted by Crippen LogP contribution is -2.35. The van der Waals surface area contributed by atoms with E-state index in [0.29, 0.717) is 18.0 Å². The van der Waals surface area contributed by atoms with E-state index in [1.165, 1.54) is 0 Å². The number of aryl methyl sites for hydroxylation is 1. The van der Waals surface area contributed by atoms with Crippen LogP contribution in [0.1, 0.15) is 50.0 Å². The topological polar surface area (TPSA) is 49.4 Å². The van der Waals surface area contributed by atoms with Crippen molar-refractivity contribution in [2.75, 3.05) is 13.1 Å². The minimum absolute atomic E-state index is 0.229. The van der Waals surface area contributed by atoms with Gasteiger partial charge in [0, 0.05) is 24.0 Å². The van der Waals surface area contributed by atoms with E-state index in [1.807, 2.05) is 19.2 Å². The molecule has 0 amide bonds. The van der Waals surface area contributed by atoms with Crippen molar-refractivity contribution in [3.63, 3.8) is 0 Å². The molecule has 120 valence electrons. The molecule has 0 unspecified atom stereocenters. The Bertz CT molecular complexity index is 562. The summed E-state index contributed by atoms with van der Waals surface area (Å²) in [6.07, 6.45) is 3.97. The van der Waals surface area contributed by atoms with Crippen LogP contribution in [0.5, 0.6) is 0 Å². The molecule has 1 aliphatic carbocycles. The van der Waals surface area contributed by atoms with Crippen molar-refractivity contribution in [3.8, 4) is 0 Å². The first-order valence-corrected chi connectivity index (χ1v) is 10.1. The molecule has 0 spiro atoms. The molecule has 2 rings (SSSR count). The van der Waals surface area contributed by atoms with E-state index in [9.17, 15) is 8.42 Å². The van der Waals surface area contributed by atoms with Crippen LogP contribution in [0.3, 0.4) is 0 Å². The van der Waals surface area contributed by atoms with Crippen molar-refractivity contribution < 1.29 is 8.42 Å². The highest BCUT2D eigenvalue weighted by Gasteiger charge is 2.39. The second kappa shape index (κ2) is 7.22. The van der Waals surface area contributed by atoms with E-state index >= 15 is 0 Å². The number of nitrogens with one attached hydrogen (secondary N) is 1. The maximum absolute atomic E-state index is 13.1. The highest BCUT2D eigenvalue weighted by Crippen LogP contribution is 2.36. The lowest BCUT2D eigenvalue weighted by Gasteiger charge is -2.22. The van der Waals surface area contributed by atoms with Crippen LogP contribution < -0.4 is 5.32 Å². The zero-order valence-corrected chi connectivity index (χ0v) is 14.8. The van der Waals surface area contributed by atoms with Gasteiger partial charge in [0.2, 0.25) is 10.0 Å². The van der Waals surface area contributed by atoms with Crippen molar-refractivity contribution in [2.24, 2.45) is 0 Å². The van der Waals surface area contributed by atoms with Crippen molar-refractivity contribution in [1.29, 1.82) is 0 Å². The molecule has 0 atom stereocenters. The van der Waals surface area contributed by atoms with Gasteiger partial charge < -0.3 is 5.32 Å². The van der Waals surface area contributed by atoms with Crippen LogP contribution in [0.15, 0.2) is 10.3 Å². The summed E-state index contributed by atoms with van der Waals surface area (Å²) in [4.78, 5) is 1.49. The Balaban J connectivity index is 2.30. The number of hydrogen-bond donors (Lipinski definition) is 1. The lowest BCUT2D eigenvalue weighted by atomic mass is 10.3. The second-order valence-corrected chi connectivity index (χ2v) is 8.44. The first-order valence-electron chi connectivity index (χ1n) is 7.81. The standard InChI is InChI=1S/C15H26N2O2S2/c1-4-6-9-17(13-7-8-13)21(18,19)15-12(3)11-20-14(15)10-16-5-2/h11,13,16H,4-10H2,1-3H3. The number of unbranched alkanes of at least 4 members (excludes halogenated alkanes) is 1. The smallest absolute Gasteiger partial charge is 0.244 e. The third-order valence-electron chi connectivity index (χ3n) is 3.78. The van der Waals surface area contributed by atoms with Crippen molar-refractivity contribution >= 4 is 21.4 Å². The number of hydrogen-bond acceptors (Lipinski definition) is 4. The molecular weight excluding hydrogens is 304 g/mol. The lowest BCUT2D eigenvalue weighted by molar-refractivity contribution is 0.395. The summed E-state index contributed by atoms with van der Waals surface area (Å²) in [7, 11) is -3.35. The quantitative estimate of drug-likeness (QED) is 0.757. The Labute approximate surface area is 132 Å². The summed E-state index contributed by atoms with van der Waals surface area (Å²) in [6, 6.07) is 0.229. The molecule has 1 fully saturated rings. The Morgan fingerprint density at radius 2 is 2.10 bits per heavy atom. The molecule has 6 heteroatoms. The van der Waals surface area contributed by atoms with E-state index in [4.69, 9.17) is 0 Å². The second-order valence-electron chi connectivity index (χ2n) is 5.65. The molecule has 0 aromatic carbocycles. The first-order chi connectivity index (χ1) is 10.0. The molecule has 0 saturated heterocycles. The Kier molecular flexibility index (Phi) is 5.82. The molecular formula is C15H26N2O2S2. The molecule has 1 aliphatic rings. The molecule has 1 N–H and O–H groups in total. The predicted octanol–water partition coefficient (Wildman–Crippen LogP) is 3.12. The number of nitrogens with zero attached hydrogens (tertiary/aromatic N) is 1. The van der Waals surface area contributed by atoms with Gasteiger partial charge in [0.1, 0.15) is 4.90 Å². The molecule has 21 heavy (non-hydrogen) atoms. The molecule has 1 aromatic heterocycles. The van der Waals surface area contributed by atoms with Crippen LogP contribution in [0.2, 0.25) is 0 Å². The van der Waals surface area contributed by atoms with Gasteiger partial charge in [0.25, 0.3) is 0 Å². The average molecular weight is 331 g/mol. The third kappa shape index (κ3) is 3.86. The van der Waals surface area contributed by atoms with Gasteiger partial charge in [-0.05, 0) is 43.7 Å². The highest BCUT2D eigenvalue weighted by molar-refractivity contribution is 7.89. The van der Waals surface area contributed by atoms with Crippen molar-refractivity contribution in [1.82, 2.24) is 9.62 Å². The summed E-state index contributed by atoms with van der Waals surface area (Å²) in [6.45, 7) is 8.17. The van der Waals surface area contributed by atoms with E-state index in [-0.39, 0.29) is 6.04 Å². The largest absolute Gasteiger partial charge is 0.312 e. The van der Waals surface area contributed by atoms with Crippen LogP contribution in [0.25, 0.3) is 0 Å². The fourth-order valence-corrected chi connectivity index (χ4v) is 5.95. The number of rotatable bonds is 9. The fourth-order valence-electron chi connectivity index (χ4n) is 2.49. The van der Waals surface area contributed by atoms with Crippen molar-refractivity contribution in [3.05, 3.63) is 15.8 Å². The van der Waals surface area contributed by atoms with Gasteiger partial charge in [-0.2, -0.15) is 4.31 Å². The highest BCUT2D eigenvalue weighted by atomic mass is 32.2. The molecule has 0 aliphatic heterocycles. The normalized spacial score (nSPS) is 15.8. The van der Waals surface area contributed by atoms with Crippen LogP contribution in [0.4, 0.5) is 0 Å². The predicted molar refractivity (Wildman–Crippen MR) is 88.3 cm³/mol. The zero-order valence-electron chi connectivity index (χ0n) is 13.2. The van der Waals surface area contributed by atoms with Crippen LogP contribution in [0, 0.1) is 6.92 Å². The Morgan fingerprint density at radius 1 is 1.38 bits per heavy atom. The van der Waals surface area contributed by atoms with Gasteiger partial charge in [-0.3, -0.25) is 0 Å². The zero-order chi connectivity index (χ0) is 15.5. The summed E-state index contributed by atoms with van der Waals surface area (Å²) >= 11 is 1.55. The van der Waals surface area contributed by atoms with Gasteiger partial charge in [-0.25, -0.2) is 8.42 Å². The molecule has 1 aromatic rings. The fraction of sp³-hybridized carbons (Fsp3) is 0.733. The third-order valence-corrected chi connectivity index (χ3v) is 7.19. The Morgan fingerprint density at radius 3 is 2.67 bits per heavy atom. The minimum Gasteiger partial charge on any atom is -0.312 e. The molecule has 0 bridgehead atoms. The monoisotopic (exact) mass is 330 g/mol. The molecule has 4 nitrogen and oxygen atoms in total. The number of sulfonamides is 1. The van der Waals surface area contributed by atoms with Crippen LogP contribution in [-0.2, 0) is 16.6 Å². The van der Waals surface area contributed by atoms with E-state index in [2.05, 4.69) is 12.2 Å². The summed E-state index contributed by atoms with van der Waals surface area (Å²) in [5.74, 6) is 0. The number of thiophene rings is 1. The van der Waals surface area contributed by atoms with Crippen molar-refractivity contribution in [2.45, 2.75) is 63.9 Å². The van der Waals surface area contributed by atoms with Gasteiger partial charge in [0.05, 0.1) is 0 Å². The Hall–Kier alpha value is -0.430. The molecule has 0 radical (unpaired) electrons. The van der Waals surface area contributed by atoms with Gasteiger partial charge in [-0.1, -0.05) is 20.3 Å². The van der Waals surface area contributed by atoms with Crippen LogP contribution >= 0.6 is 11.3 Å². The average Bonchev–Trinajstić information content (AvgIpc) is 3.19. The van der Waals surface area contributed by atoms with E-state index < -0.39 is 10.0 Å². The van der Waals surface area contributed by atoms with Gasteiger partial charge in [0.15, 0.2) is 0 Å². The van der Waals surface area contributed by atoms with E-state index in [0.717, 1.165) is 42.7 Å². The van der Waals surface area contributed by atoms with E-state index in [1.54, 1.807) is 15.6 Å². The van der Waals surface area contributed by atoms with Gasteiger partial charge >= 0.3 is 0 Å². The first kappa shape index (κ1) is 16.9. The summed E-state index contributed by atoms with van der Waals surface area (Å²) in [5.41, 5.74) is 0.884. The van der Waals surface area contributed by atoms with Gasteiger partial charge in [-0.15, -0.1) is 11.3 Å². The minimum atomic E-state index is -3.35. The SMILES string of the molecule is CCCCN(C1CC1)S(=O)(=O)c1c(C)csc1CNCC. The summed E-state index contributed by atoms with van der Waals surface area (Å²) < 4.78 is 27.9. The molecule has 1 saturated carbocycles. The van der Waals surface area contributed by atoms with Crippen LogP contribution in [-0.4, -0.2) is 31.9 Å². The maximum Gasteiger partial charge on any atom is 0.244 e. The molecule has 1 heterocycles. The maximum atomic E-state index is 13.1.